The first kappa shape index (κ1) is 25.3. The second-order valence-electron chi connectivity index (χ2n) is 6.89. The Morgan fingerprint density at radius 1 is 1.09 bits per heavy atom. The SMILES string of the molecule is CCON=C(CCC(=O)c1nc(Nc2cc(F)cc(F)c2)ccc1OC)c1ncc(Cl)cc1Cl. The van der Waals surface area contributed by atoms with Gasteiger partial charge < -0.3 is 14.9 Å². The molecule has 178 valence electrons. The number of pyridine rings is 2. The van der Waals surface area contributed by atoms with Crippen molar-refractivity contribution < 1.29 is 23.1 Å². The summed E-state index contributed by atoms with van der Waals surface area (Å²) in [4.78, 5) is 26.7. The molecule has 3 aromatic rings. The molecule has 11 heteroatoms. The zero-order valence-electron chi connectivity index (χ0n) is 18.2. The largest absolute Gasteiger partial charge is 0.494 e. The van der Waals surface area contributed by atoms with Crippen molar-refractivity contribution in [2.75, 3.05) is 19.0 Å². The standard InChI is InChI=1S/C23H20Cl2F2N4O3/c1-3-34-31-18(22-17(25)8-13(24)12-28-22)4-5-19(32)23-20(33-2)6-7-21(30-23)29-16-10-14(26)9-15(27)11-16/h6-12H,3-5H2,1-2H3,(H,29,30). The Hall–Kier alpha value is -3.30. The average molecular weight is 509 g/mol. The molecule has 1 N–H and O–H groups in total. The Labute approximate surface area is 204 Å². The Kier molecular flexibility index (Phi) is 8.72. The normalized spacial score (nSPS) is 11.3. The van der Waals surface area contributed by atoms with E-state index < -0.39 is 11.6 Å². The fourth-order valence-corrected chi connectivity index (χ4v) is 3.47. The van der Waals surface area contributed by atoms with Crippen LogP contribution in [-0.4, -0.2) is 35.2 Å². The van der Waals surface area contributed by atoms with Crippen molar-refractivity contribution in [3.63, 3.8) is 0 Å². The number of hydrogen-bond acceptors (Lipinski definition) is 7. The summed E-state index contributed by atoms with van der Waals surface area (Å²) in [5.74, 6) is -1.40. The topological polar surface area (TPSA) is 85.7 Å². The molecule has 0 saturated carbocycles. The molecule has 2 aromatic heterocycles. The molecule has 7 nitrogen and oxygen atoms in total. The zero-order chi connectivity index (χ0) is 24.7. The van der Waals surface area contributed by atoms with Crippen LogP contribution in [-0.2, 0) is 4.84 Å². The number of ketones is 1. The molecular formula is C23H20Cl2F2N4O3. The maximum atomic E-state index is 13.5. The average Bonchev–Trinajstić information content (AvgIpc) is 2.79. The van der Waals surface area contributed by atoms with E-state index >= 15 is 0 Å². The Bertz CT molecular complexity index is 1200. The highest BCUT2D eigenvalue weighted by Gasteiger charge is 2.19. The number of benzene rings is 1. The summed E-state index contributed by atoms with van der Waals surface area (Å²) in [5, 5.41) is 7.45. The van der Waals surface area contributed by atoms with Gasteiger partial charge in [-0.25, -0.2) is 13.8 Å². The monoisotopic (exact) mass is 508 g/mol. The van der Waals surface area contributed by atoms with Crippen LogP contribution in [0.2, 0.25) is 10.0 Å². The van der Waals surface area contributed by atoms with Gasteiger partial charge >= 0.3 is 0 Å². The van der Waals surface area contributed by atoms with E-state index in [4.69, 9.17) is 32.8 Å². The molecule has 0 radical (unpaired) electrons. The lowest BCUT2D eigenvalue weighted by Gasteiger charge is -2.12. The van der Waals surface area contributed by atoms with Crippen LogP contribution >= 0.6 is 23.2 Å². The number of nitrogens with zero attached hydrogens (tertiary/aromatic N) is 3. The summed E-state index contributed by atoms with van der Waals surface area (Å²) in [6.45, 7) is 2.08. The molecule has 2 heterocycles. The van der Waals surface area contributed by atoms with Crippen molar-refractivity contribution in [2.24, 2.45) is 5.16 Å². The summed E-state index contributed by atoms with van der Waals surface area (Å²) in [6.07, 6.45) is 1.54. The number of nitrogens with one attached hydrogen (secondary N) is 1. The second-order valence-corrected chi connectivity index (χ2v) is 7.74. The molecule has 1 aromatic carbocycles. The fourth-order valence-electron chi connectivity index (χ4n) is 2.98. The van der Waals surface area contributed by atoms with Gasteiger partial charge in [0.2, 0.25) is 0 Å². The van der Waals surface area contributed by atoms with Gasteiger partial charge in [-0.1, -0.05) is 28.4 Å². The summed E-state index contributed by atoms with van der Waals surface area (Å²) < 4.78 is 32.3. The lowest BCUT2D eigenvalue weighted by Crippen LogP contribution is -2.12. The van der Waals surface area contributed by atoms with E-state index in [1.165, 1.54) is 31.5 Å². The fraction of sp³-hybridized carbons (Fsp3) is 0.217. The number of carbonyl (C=O) groups is 1. The van der Waals surface area contributed by atoms with Crippen LogP contribution in [0.25, 0.3) is 0 Å². The smallest absolute Gasteiger partial charge is 0.185 e. The van der Waals surface area contributed by atoms with Crippen molar-refractivity contribution in [3.05, 3.63) is 75.7 Å². The minimum absolute atomic E-state index is 0.0199. The molecule has 0 spiro atoms. The number of halogens is 4. The summed E-state index contributed by atoms with van der Waals surface area (Å²) in [5.41, 5.74) is 0.884. The van der Waals surface area contributed by atoms with Crippen LogP contribution < -0.4 is 10.1 Å². The third-order valence-corrected chi connectivity index (χ3v) is 4.95. The molecule has 0 amide bonds. The van der Waals surface area contributed by atoms with E-state index in [1.807, 2.05) is 0 Å². The van der Waals surface area contributed by atoms with E-state index in [0.29, 0.717) is 23.0 Å². The first-order valence-electron chi connectivity index (χ1n) is 10.1. The van der Waals surface area contributed by atoms with Crippen molar-refractivity contribution in [1.29, 1.82) is 0 Å². The zero-order valence-corrected chi connectivity index (χ0v) is 19.8. The van der Waals surface area contributed by atoms with Crippen molar-refractivity contribution in [2.45, 2.75) is 19.8 Å². The minimum atomic E-state index is -0.747. The van der Waals surface area contributed by atoms with Crippen LogP contribution in [0, 0.1) is 11.6 Å². The molecule has 0 saturated heterocycles. The Morgan fingerprint density at radius 2 is 1.82 bits per heavy atom. The van der Waals surface area contributed by atoms with Gasteiger partial charge in [0, 0.05) is 30.8 Å². The number of Topliss-reactive ketones (excluding diaryl/α,β-unsaturated/α-hetero) is 1. The molecular weight excluding hydrogens is 489 g/mol. The van der Waals surface area contributed by atoms with E-state index in [2.05, 4.69) is 20.4 Å². The maximum Gasteiger partial charge on any atom is 0.185 e. The highest BCUT2D eigenvalue weighted by Crippen LogP contribution is 2.25. The number of rotatable bonds is 10. The second kappa shape index (κ2) is 11.7. The van der Waals surface area contributed by atoms with Crippen molar-refractivity contribution in [1.82, 2.24) is 9.97 Å². The molecule has 0 unspecified atom stereocenters. The van der Waals surface area contributed by atoms with E-state index in [1.54, 1.807) is 6.92 Å². The number of methoxy groups -OCH3 is 1. The van der Waals surface area contributed by atoms with Crippen LogP contribution in [0.3, 0.4) is 0 Å². The molecule has 0 aliphatic carbocycles. The number of oxime groups is 1. The van der Waals surface area contributed by atoms with Gasteiger partial charge in [0.1, 0.15) is 41.2 Å². The van der Waals surface area contributed by atoms with Gasteiger partial charge in [0.05, 0.1) is 17.2 Å². The summed E-state index contributed by atoms with van der Waals surface area (Å²) in [7, 11) is 1.40. The van der Waals surface area contributed by atoms with Gasteiger partial charge in [-0.15, -0.1) is 0 Å². The van der Waals surface area contributed by atoms with E-state index in [-0.39, 0.29) is 46.6 Å². The van der Waals surface area contributed by atoms with Gasteiger partial charge in [-0.3, -0.25) is 9.78 Å². The quantitative estimate of drug-likeness (QED) is 0.199. The molecule has 0 atom stereocenters. The first-order valence-corrected chi connectivity index (χ1v) is 10.9. The molecule has 0 fully saturated rings. The molecule has 0 bridgehead atoms. The van der Waals surface area contributed by atoms with Crippen LogP contribution in [0.4, 0.5) is 20.3 Å². The predicted octanol–water partition coefficient (Wildman–Crippen LogP) is 6.22. The minimum Gasteiger partial charge on any atom is -0.494 e. The van der Waals surface area contributed by atoms with Crippen LogP contribution in [0.5, 0.6) is 5.75 Å². The Balaban J connectivity index is 1.82. The summed E-state index contributed by atoms with van der Waals surface area (Å²) >= 11 is 12.2. The lowest BCUT2D eigenvalue weighted by atomic mass is 10.1. The highest BCUT2D eigenvalue weighted by molar-refractivity contribution is 6.36. The number of hydrogen-bond donors (Lipinski definition) is 1. The van der Waals surface area contributed by atoms with E-state index in [0.717, 1.165) is 18.2 Å². The lowest BCUT2D eigenvalue weighted by molar-refractivity contribution is 0.0976. The van der Waals surface area contributed by atoms with Crippen molar-refractivity contribution in [3.8, 4) is 5.75 Å². The predicted molar refractivity (Wildman–Crippen MR) is 126 cm³/mol. The number of ether oxygens (including phenoxy) is 1. The highest BCUT2D eigenvalue weighted by atomic mass is 35.5. The molecule has 0 aliphatic rings. The number of anilines is 2. The van der Waals surface area contributed by atoms with Crippen LogP contribution in [0.15, 0.2) is 47.8 Å². The van der Waals surface area contributed by atoms with Crippen molar-refractivity contribution >= 4 is 46.2 Å². The maximum absolute atomic E-state index is 13.5. The first-order chi connectivity index (χ1) is 16.3. The number of aromatic nitrogens is 2. The van der Waals surface area contributed by atoms with Crippen LogP contribution in [0.1, 0.15) is 35.9 Å². The molecule has 3 rings (SSSR count). The molecule has 34 heavy (non-hydrogen) atoms. The van der Waals surface area contributed by atoms with E-state index in [9.17, 15) is 13.6 Å². The van der Waals surface area contributed by atoms with Gasteiger partial charge in [0.25, 0.3) is 0 Å². The Morgan fingerprint density at radius 3 is 2.47 bits per heavy atom. The number of carbonyl (C=O) groups excluding carboxylic acids is 1. The third kappa shape index (κ3) is 6.61. The third-order valence-electron chi connectivity index (χ3n) is 4.45. The molecule has 0 aliphatic heterocycles. The van der Waals surface area contributed by atoms with Gasteiger partial charge in [-0.05, 0) is 37.3 Å². The van der Waals surface area contributed by atoms with Gasteiger partial charge in [-0.2, -0.15) is 0 Å². The van der Waals surface area contributed by atoms with Gasteiger partial charge in [0.15, 0.2) is 11.5 Å². The summed E-state index contributed by atoms with van der Waals surface area (Å²) in [6, 6.07) is 7.54.